The Balaban J connectivity index is 1.35. The normalized spacial score (nSPS) is 14.3. The molecule has 2 amide bonds. The number of fused-ring (bicyclic) bond motifs is 1. The molecule has 9 nitrogen and oxygen atoms in total. The van der Waals surface area contributed by atoms with Crippen molar-refractivity contribution in [3.8, 4) is 5.69 Å². The molecule has 0 unspecified atom stereocenters. The number of imidazole rings is 1. The second kappa shape index (κ2) is 9.15. The van der Waals surface area contributed by atoms with Gasteiger partial charge in [-0.05, 0) is 42.8 Å². The van der Waals surface area contributed by atoms with Crippen LogP contribution in [0.15, 0.2) is 71.0 Å². The van der Waals surface area contributed by atoms with Gasteiger partial charge in [-0.3, -0.25) is 9.59 Å². The van der Waals surface area contributed by atoms with Crippen LogP contribution in [0, 0.1) is 0 Å². The van der Waals surface area contributed by atoms with Gasteiger partial charge in [-0.25, -0.2) is 18.1 Å². The summed E-state index contributed by atoms with van der Waals surface area (Å²) in [4.78, 5) is 28.7. The van der Waals surface area contributed by atoms with Crippen molar-refractivity contribution in [3.63, 3.8) is 0 Å². The lowest BCUT2D eigenvalue weighted by molar-refractivity contribution is -0.120. The number of amides is 2. The van der Waals surface area contributed by atoms with Crippen LogP contribution in [-0.2, 0) is 19.6 Å². The van der Waals surface area contributed by atoms with Crippen LogP contribution in [0.3, 0.4) is 0 Å². The van der Waals surface area contributed by atoms with Crippen molar-refractivity contribution >= 4 is 39.3 Å². The first kappa shape index (κ1) is 22.1. The second-order valence-corrected chi connectivity index (χ2v) is 9.95. The van der Waals surface area contributed by atoms with Crippen LogP contribution in [0.5, 0.6) is 0 Å². The number of sulfonamides is 1. The minimum absolute atomic E-state index is 0.0185. The van der Waals surface area contributed by atoms with Gasteiger partial charge < -0.3 is 15.2 Å². The molecule has 0 fully saturated rings. The van der Waals surface area contributed by atoms with E-state index in [1.54, 1.807) is 18.6 Å². The summed E-state index contributed by atoms with van der Waals surface area (Å²) < 4.78 is 29.4. The summed E-state index contributed by atoms with van der Waals surface area (Å²) in [5, 5.41) is 5.44. The van der Waals surface area contributed by atoms with Gasteiger partial charge >= 0.3 is 0 Å². The summed E-state index contributed by atoms with van der Waals surface area (Å²) in [6.07, 6.45) is 5.22. The second-order valence-electron chi connectivity index (χ2n) is 7.17. The van der Waals surface area contributed by atoms with E-state index in [1.807, 2.05) is 42.0 Å². The van der Waals surface area contributed by atoms with Gasteiger partial charge in [0.2, 0.25) is 21.8 Å². The Bertz CT molecular complexity index is 1240. The molecule has 0 aliphatic carbocycles. The smallest absolute Gasteiger partial charge is 0.241 e. The highest BCUT2D eigenvalue weighted by molar-refractivity contribution is 8.00. The van der Waals surface area contributed by atoms with Crippen LogP contribution in [0.1, 0.15) is 18.5 Å². The summed E-state index contributed by atoms with van der Waals surface area (Å²) in [5.41, 5.74) is 2.27. The Morgan fingerprint density at radius 1 is 1.25 bits per heavy atom. The number of nitrogens with one attached hydrogen (secondary N) is 3. The number of hydrogen-bond donors (Lipinski definition) is 3. The number of benzene rings is 2. The number of carbonyl (C=O) groups is 2. The monoisotopic (exact) mass is 471 g/mol. The van der Waals surface area contributed by atoms with Gasteiger partial charge in [0, 0.05) is 23.0 Å². The summed E-state index contributed by atoms with van der Waals surface area (Å²) in [7, 11) is -3.92. The fourth-order valence-electron chi connectivity index (χ4n) is 3.20. The van der Waals surface area contributed by atoms with Gasteiger partial charge in [0.15, 0.2) is 0 Å². The van der Waals surface area contributed by atoms with E-state index < -0.39 is 22.5 Å². The molecule has 4 rings (SSSR count). The fourth-order valence-corrected chi connectivity index (χ4v) is 4.99. The molecule has 0 bridgehead atoms. The number of aromatic nitrogens is 2. The molecule has 166 valence electrons. The molecule has 0 saturated carbocycles. The van der Waals surface area contributed by atoms with E-state index in [-0.39, 0.29) is 16.8 Å². The van der Waals surface area contributed by atoms with Crippen LogP contribution in [0.25, 0.3) is 5.69 Å². The van der Waals surface area contributed by atoms with Crippen LogP contribution in [0.4, 0.5) is 5.69 Å². The molecule has 1 atom stereocenters. The number of thioether (sulfide) groups is 1. The zero-order valence-electron chi connectivity index (χ0n) is 17.1. The highest BCUT2D eigenvalue weighted by Crippen LogP contribution is 2.33. The SMILES string of the molecule is C[C@H](NC(=O)CNS(=O)(=O)c1ccc2c(c1)NC(=O)CS2)c1ccc(-n2ccnc2)cc1. The first-order chi connectivity index (χ1) is 15.3. The first-order valence-electron chi connectivity index (χ1n) is 9.76. The lowest BCUT2D eigenvalue weighted by atomic mass is 10.1. The lowest BCUT2D eigenvalue weighted by Crippen LogP contribution is -2.38. The van der Waals surface area contributed by atoms with E-state index in [9.17, 15) is 18.0 Å². The Morgan fingerprint density at radius 2 is 2.03 bits per heavy atom. The molecule has 2 aromatic carbocycles. The average molecular weight is 472 g/mol. The van der Waals surface area contributed by atoms with Crippen molar-refractivity contribution in [2.24, 2.45) is 0 Å². The van der Waals surface area contributed by atoms with Crippen LogP contribution in [-0.4, -0.2) is 42.1 Å². The van der Waals surface area contributed by atoms with Gasteiger partial charge in [0.25, 0.3) is 0 Å². The maximum atomic E-state index is 12.6. The van der Waals surface area contributed by atoms with E-state index in [0.29, 0.717) is 11.4 Å². The standard InChI is InChI=1S/C21H21N5O4S2/c1-14(15-2-4-16(5-3-15)26-9-8-22-13-26)24-20(27)11-23-32(29,30)17-6-7-19-18(10-17)25-21(28)12-31-19/h2-10,13-14,23H,11-12H2,1H3,(H,24,27)(H,25,28)/t14-/m0/s1. The predicted molar refractivity (Wildman–Crippen MR) is 121 cm³/mol. The van der Waals surface area contributed by atoms with Gasteiger partial charge in [0.05, 0.1) is 35.2 Å². The summed E-state index contributed by atoms with van der Waals surface area (Å²) >= 11 is 1.34. The molecular formula is C21H21N5O4S2. The number of hydrogen-bond acceptors (Lipinski definition) is 6. The van der Waals surface area contributed by atoms with E-state index >= 15 is 0 Å². The maximum absolute atomic E-state index is 12.6. The predicted octanol–water partition coefficient (Wildman–Crippen LogP) is 2.07. The third kappa shape index (κ3) is 5.01. The van der Waals surface area contributed by atoms with Crippen molar-refractivity contribution in [2.45, 2.75) is 22.8 Å². The van der Waals surface area contributed by atoms with E-state index in [2.05, 4.69) is 20.3 Å². The molecule has 1 aromatic heterocycles. The van der Waals surface area contributed by atoms with E-state index in [4.69, 9.17) is 0 Å². The molecule has 1 aliphatic rings. The van der Waals surface area contributed by atoms with Crippen molar-refractivity contribution in [1.82, 2.24) is 19.6 Å². The number of rotatable bonds is 7. The molecule has 0 saturated heterocycles. The molecule has 1 aliphatic heterocycles. The minimum atomic E-state index is -3.92. The molecule has 32 heavy (non-hydrogen) atoms. The molecular weight excluding hydrogens is 450 g/mol. The Kier molecular flexibility index (Phi) is 6.31. The number of anilines is 1. The van der Waals surface area contributed by atoms with Crippen LogP contribution < -0.4 is 15.4 Å². The zero-order valence-corrected chi connectivity index (χ0v) is 18.7. The first-order valence-corrected chi connectivity index (χ1v) is 12.2. The quantitative estimate of drug-likeness (QED) is 0.485. The van der Waals surface area contributed by atoms with Gasteiger partial charge in [0.1, 0.15) is 0 Å². The Morgan fingerprint density at radius 3 is 2.75 bits per heavy atom. The van der Waals surface area contributed by atoms with E-state index in [0.717, 1.165) is 16.1 Å². The molecule has 0 radical (unpaired) electrons. The lowest BCUT2D eigenvalue weighted by Gasteiger charge is -2.18. The minimum Gasteiger partial charge on any atom is -0.348 e. The Hall–Kier alpha value is -3.15. The van der Waals surface area contributed by atoms with Crippen LogP contribution >= 0.6 is 11.8 Å². The molecule has 2 heterocycles. The summed E-state index contributed by atoms with van der Waals surface area (Å²) in [5.74, 6) is -0.347. The zero-order chi connectivity index (χ0) is 22.7. The average Bonchev–Trinajstić information content (AvgIpc) is 3.32. The van der Waals surface area contributed by atoms with Crippen LogP contribution in [0.2, 0.25) is 0 Å². The van der Waals surface area contributed by atoms with Gasteiger partial charge in [-0.15, -0.1) is 11.8 Å². The van der Waals surface area contributed by atoms with E-state index in [1.165, 1.54) is 23.9 Å². The molecule has 0 spiro atoms. The summed E-state index contributed by atoms with van der Waals surface area (Å²) in [6.45, 7) is 1.42. The Labute approximate surface area is 189 Å². The fraction of sp³-hybridized carbons (Fsp3) is 0.190. The highest BCUT2D eigenvalue weighted by atomic mass is 32.2. The third-order valence-corrected chi connectivity index (χ3v) is 7.36. The van der Waals surface area contributed by atoms with Gasteiger partial charge in [-0.2, -0.15) is 0 Å². The number of carbonyl (C=O) groups excluding carboxylic acids is 2. The highest BCUT2D eigenvalue weighted by Gasteiger charge is 2.21. The summed E-state index contributed by atoms with van der Waals surface area (Å²) in [6, 6.07) is 11.8. The van der Waals surface area contributed by atoms with Crippen molar-refractivity contribution in [1.29, 1.82) is 0 Å². The van der Waals surface area contributed by atoms with Crippen molar-refractivity contribution in [2.75, 3.05) is 17.6 Å². The molecule has 3 aromatic rings. The molecule has 3 N–H and O–H groups in total. The topological polar surface area (TPSA) is 122 Å². The van der Waals surface area contributed by atoms with Gasteiger partial charge in [-0.1, -0.05) is 12.1 Å². The van der Waals surface area contributed by atoms with Crippen molar-refractivity contribution < 1.29 is 18.0 Å². The van der Waals surface area contributed by atoms with Crippen molar-refractivity contribution in [3.05, 3.63) is 66.7 Å². The third-order valence-electron chi connectivity index (χ3n) is 4.89. The largest absolute Gasteiger partial charge is 0.348 e. The number of nitrogens with zero attached hydrogens (tertiary/aromatic N) is 2. The molecule has 11 heteroatoms. The maximum Gasteiger partial charge on any atom is 0.241 e.